The summed E-state index contributed by atoms with van der Waals surface area (Å²) in [7, 11) is 0. The van der Waals surface area contributed by atoms with Gasteiger partial charge in [-0.2, -0.15) is 0 Å². The van der Waals surface area contributed by atoms with Crippen molar-refractivity contribution in [1.29, 1.82) is 5.41 Å². The summed E-state index contributed by atoms with van der Waals surface area (Å²) >= 11 is 1.51. The molecule has 1 aliphatic carbocycles. The number of aliphatic hydroxyl groups is 1. The number of aryl methyl sites for hydroxylation is 2. The van der Waals surface area contributed by atoms with E-state index in [0.717, 1.165) is 29.1 Å². The average Bonchev–Trinajstić information content (AvgIpc) is 3.22. The van der Waals surface area contributed by atoms with Crippen LogP contribution in [0.25, 0.3) is 16.8 Å². The lowest BCUT2D eigenvalue weighted by atomic mass is 9.94. The zero-order valence-electron chi connectivity index (χ0n) is 15.4. The van der Waals surface area contributed by atoms with Gasteiger partial charge in [0, 0.05) is 17.0 Å². The van der Waals surface area contributed by atoms with Crippen LogP contribution in [-0.4, -0.2) is 33.4 Å². The molecule has 1 aliphatic heterocycles. The Morgan fingerprint density at radius 1 is 1.15 bits per heavy atom. The first-order chi connectivity index (χ1) is 12.5. The van der Waals surface area contributed by atoms with Gasteiger partial charge in [0.1, 0.15) is 16.6 Å². The number of nitrogens with one attached hydrogen (secondary N) is 1. The number of hydrogen-bond donors (Lipinski definition) is 2. The fraction of sp³-hybridized carbons (Fsp3) is 0.429. The molecule has 2 heterocycles. The highest BCUT2D eigenvalue weighted by Crippen LogP contribution is 2.35. The summed E-state index contributed by atoms with van der Waals surface area (Å²) in [6.07, 6.45) is 5.97. The molecule has 1 fully saturated rings. The van der Waals surface area contributed by atoms with Crippen LogP contribution in [0.15, 0.2) is 29.3 Å². The first-order valence-corrected chi connectivity index (χ1v) is 10.2. The van der Waals surface area contributed by atoms with Gasteiger partial charge in [-0.3, -0.25) is 5.41 Å². The second-order valence-electron chi connectivity index (χ2n) is 7.43. The highest BCUT2D eigenvalue weighted by molar-refractivity contribution is 7.11. The second-order valence-corrected chi connectivity index (χ2v) is 8.29. The first-order valence-electron chi connectivity index (χ1n) is 9.36. The molecule has 4 rings (SSSR count). The normalized spacial score (nSPS) is 18.8. The topological polar surface area (TPSA) is 60.2 Å². The SMILES string of the molecule is Cc1ccc(-c2csc(C3=C(O)CN(C4CCCCC4)C3=N)n2)cc1C. The van der Waals surface area contributed by atoms with Crippen LogP contribution in [0.5, 0.6) is 0 Å². The molecule has 5 heteroatoms. The third-order valence-electron chi connectivity index (χ3n) is 5.67. The molecule has 2 aliphatic rings. The van der Waals surface area contributed by atoms with Crippen LogP contribution < -0.4 is 0 Å². The van der Waals surface area contributed by atoms with Gasteiger partial charge in [0.05, 0.1) is 17.8 Å². The quantitative estimate of drug-likeness (QED) is 0.771. The fourth-order valence-corrected chi connectivity index (χ4v) is 4.85. The van der Waals surface area contributed by atoms with E-state index in [1.165, 1.54) is 41.7 Å². The van der Waals surface area contributed by atoms with E-state index < -0.39 is 0 Å². The summed E-state index contributed by atoms with van der Waals surface area (Å²) in [6.45, 7) is 4.67. The van der Waals surface area contributed by atoms with E-state index in [0.29, 0.717) is 29.8 Å². The molecule has 0 saturated heterocycles. The number of hydrogen-bond acceptors (Lipinski definition) is 4. The standard InChI is InChI=1S/C21H25N3OS/c1-13-8-9-15(10-14(13)2)17-12-26-21(23-17)19-18(25)11-24(20(19)22)16-6-4-3-5-7-16/h8-10,12,16,22,25H,3-7,11H2,1-2H3. The van der Waals surface area contributed by atoms with Crippen LogP contribution in [0, 0.1) is 19.3 Å². The minimum atomic E-state index is 0.293. The van der Waals surface area contributed by atoms with Gasteiger partial charge in [0.2, 0.25) is 0 Å². The summed E-state index contributed by atoms with van der Waals surface area (Å²) in [5, 5.41) is 21.9. The van der Waals surface area contributed by atoms with Crippen LogP contribution >= 0.6 is 11.3 Å². The number of thiazole rings is 1. The molecule has 1 aromatic carbocycles. The predicted octanol–water partition coefficient (Wildman–Crippen LogP) is 5.32. The third kappa shape index (κ3) is 3.05. The van der Waals surface area contributed by atoms with Crippen molar-refractivity contribution in [1.82, 2.24) is 9.88 Å². The Morgan fingerprint density at radius 3 is 2.65 bits per heavy atom. The predicted molar refractivity (Wildman–Crippen MR) is 108 cm³/mol. The molecular weight excluding hydrogens is 342 g/mol. The molecule has 2 N–H and O–H groups in total. The molecule has 1 saturated carbocycles. The lowest BCUT2D eigenvalue weighted by molar-refractivity contribution is 0.241. The van der Waals surface area contributed by atoms with Crippen LogP contribution in [0.2, 0.25) is 0 Å². The molecule has 1 aromatic heterocycles. The van der Waals surface area contributed by atoms with Gasteiger partial charge in [0.15, 0.2) is 0 Å². The Bertz CT molecular complexity index is 877. The van der Waals surface area contributed by atoms with E-state index in [2.05, 4.69) is 36.9 Å². The van der Waals surface area contributed by atoms with Crippen molar-refractivity contribution in [3.8, 4) is 11.3 Å². The maximum absolute atomic E-state index is 10.5. The molecular formula is C21H25N3OS. The van der Waals surface area contributed by atoms with Crippen LogP contribution in [0.1, 0.15) is 48.2 Å². The van der Waals surface area contributed by atoms with E-state index in [-0.39, 0.29) is 0 Å². The highest BCUT2D eigenvalue weighted by Gasteiger charge is 2.34. The Kier molecular flexibility index (Phi) is 4.57. The van der Waals surface area contributed by atoms with Crippen molar-refractivity contribution in [2.45, 2.75) is 52.0 Å². The molecule has 0 spiro atoms. The molecule has 0 atom stereocenters. The monoisotopic (exact) mass is 367 g/mol. The summed E-state index contributed by atoms with van der Waals surface area (Å²) in [6, 6.07) is 6.73. The van der Waals surface area contributed by atoms with Crippen LogP contribution in [0.3, 0.4) is 0 Å². The number of aliphatic hydroxyl groups excluding tert-OH is 1. The summed E-state index contributed by atoms with van der Waals surface area (Å²) in [5.41, 5.74) is 5.14. The van der Waals surface area contributed by atoms with Crippen molar-refractivity contribution in [2.24, 2.45) is 0 Å². The molecule has 2 aromatic rings. The lowest BCUT2D eigenvalue weighted by Crippen LogP contribution is -2.38. The number of rotatable bonds is 3. The van der Waals surface area contributed by atoms with Crippen molar-refractivity contribution in [3.63, 3.8) is 0 Å². The molecule has 4 nitrogen and oxygen atoms in total. The van der Waals surface area contributed by atoms with E-state index in [1.807, 2.05) is 5.38 Å². The van der Waals surface area contributed by atoms with Crippen molar-refractivity contribution in [3.05, 3.63) is 45.5 Å². The van der Waals surface area contributed by atoms with E-state index in [9.17, 15) is 5.11 Å². The van der Waals surface area contributed by atoms with Crippen LogP contribution in [0.4, 0.5) is 0 Å². The minimum Gasteiger partial charge on any atom is -0.510 e. The molecule has 0 amide bonds. The van der Waals surface area contributed by atoms with Crippen molar-refractivity contribution < 1.29 is 5.11 Å². The number of benzene rings is 1. The van der Waals surface area contributed by atoms with Gasteiger partial charge in [-0.05, 0) is 43.9 Å². The Morgan fingerprint density at radius 2 is 1.92 bits per heavy atom. The second kappa shape index (κ2) is 6.88. The maximum atomic E-state index is 10.5. The minimum absolute atomic E-state index is 0.293. The number of aromatic nitrogens is 1. The fourth-order valence-electron chi connectivity index (χ4n) is 3.95. The zero-order chi connectivity index (χ0) is 18.3. The lowest BCUT2D eigenvalue weighted by Gasteiger charge is -2.32. The highest BCUT2D eigenvalue weighted by atomic mass is 32.1. The van der Waals surface area contributed by atoms with Gasteiger partial charge < -0.3 is 10.0 Å². The van der Waals surface area contributed by atoms with Crippen LogP contribution in [-0.2, 0) is 0 Å². The molecule has 26 heavy (non-hydrogen) atoms. The molecule has 0 unspecified atom stereocenters. The summed E-state index contributed by atoms with van der Waals surface area (Å²) in [4.78, 5) is 6.82. The zero-order valence-corrected chi connectivity index (χ0v) is 16.2. The Balaban J connectivity index is 1.59. The van der Waals surface area contributed by atoms with E-state index in [1.54, 1.807) is 0 Å². The average molecular weight is 368 g/mol. The van der Waals surface area contributed by atoms with E-state index in [4.69, 9.17) is 10.4 Å². The summed E-state index contributed by atoms with van der Waals surface area (Å²) in [5.74, 6) is 0.733. The summed E-state index contributed by atoms with van der Waals surface area (Å²) < 4.78 is 0. The molecule has 0 bridgehead atoms. The van der Waals surface area contributed by atoms with Gasteiger partial charge in [0.25, 0.3) is 0 Å². The third-order valence-corrected chi connectivity index (χ3v) is 6.53. The number of amidine groups is 1. The smallest absolute Gasteiger partial charge is 0.135 e. The van der Waals surface area contributed by atoms with E-state index >= 15 is 0 Å². The maximum Gasteiger partial charge on any atom is 0.135 e. The molecule has 136 valence electrons. The van der Waals surface area contributed by atoms with Crippen molar-refractivity contribution in [2.75, 3.05) is 6.54 Å². The van der Waals surface area contributed by atoms with Gasteiger partial charge in [-0.15, -0.1) is 11.3 Å². The van der Waals surface area contributed by atoms with Gasteiger partial charge in [-0.25, -0.2) is 4.98 Å². The largest absolute Gasteiger partial charge is 0.510 e. The molecule has 0 radical (unpaired) electrons. The van der Waals surface area contributed by atoms with Gasteiger partial charge >= 0.3 is 0 Å². The first kappa shape index (κ1) is 17.3. The Hall–Kier alpha value is -2.14. The van der Waals surface area contributed by atoms with Crippen molar-refractivity contribution >= 4 is 22.7 Å². The Labute approximate surface area is 158 Å². The van der Waals surface area contributed by atoms with Gasteiger partial charge in [-0.1, -0.05) is 31.4 Å². The number of nitrogens with zero attached hydrogens (tertiary/aromatic N) is 2.